The second kappa shape index (κ2) is 13.4. The number of pyridine rings is 1. The number of amides is 2. The maximum Gasteiger partial charge on any atom is 0.416 e. The number of halogens is 5. The molecule has 0 spiro atoms. The first-order valence-corrected chi connectivity index (χ1v) is 15.0. The lowest BCUT2D eigenvalue weighted by molar-refractivity contribution is -0.137. The van der Waals surface area contributed by atoms with Crippen LogP contribution in [0.5, 0.6) is 0 Å². The molecule has 5 nitrogen and oxygen atoms in total. The highest BCUT2D eigenvalue weighted by Gasteiger charge is 2.42. The van der Waals surface area contributed by atoms with Crippen LogP contribution in [-0.4, -0.2) is 23.2 Å². The largest absolute Gasteiger partial charge is 0.416 e. The first-order chi connectivity index (χ1) is 20.6. The smallest absolute Gasteiger partial charge is 0.371 e. The second-order valence-electron chi connectivity index (χ2n) is 10.6. The van der Waals surface area contributed by atoms with Crippen LogP contribution in [0.25, 0.3) is 0 Å². The minimum absolute atomic E-state index is 0.0220. The third kappa shape index (κ3) is 7.72. The number of nitrogens with one attached hydrogen (secondary N) is 2. The SMILES string of the molecule is O=C(N[C@H]1CCC[C@@H]1OCc1ccccc1)N[C@@](Cc1ccccc1)(c1cc(F)cc(C(F)(F)F)c1)c1ccc(I)cn1. The minimum atomic E-state index is -4.80. The van der Waals surface area contributed by atoms with Crippen LogP contribution in [0.15, 0.2) is 97.2 Å². The first-order valence-electron chi connectivity index (χ1n) is 13.9. The van der Waals surface area contributed by atoms with Crippen molar-refractivity contribution in [2.75, 3.05) is 0 Å². The molecule has 3 aromatic carbocycles. The number of hydrogen-bond acceptors (Lipinski definition) is 3. The number of ether oxygens (including phenoxy) is 1. The fraction of sp³-hybridized carbons (Fsp3) is 0.273. The highest BCUT2D eigenvalue weighted by atomic mass is 127. The molecule has 5 rings (SSSR count). The topological polar surface area (TPSA) is 63.2 Å². The number of nitrogens with zero attached hydrogens (tertiary/aromatic N) is 1. The molecule has 1 fully saturated rings. The van der Waals surface area contributed by atoms with Gasteiger partial charge in [-0.05, 0) is 88.9 Å². The normalized spacial score (nSPS) is 18.2. The predicted molar refractivity (Wildman–Crippen MR) is 164 cm³/mol. The molecule has 0 aliphatic heterocycles. The van der Waals surface area contributed by atoms with Gasteiger partial charge in [-0.3, -0.25) is 4.98 Å². The van der Waals surface area contributed by atoms with Crippen molar-refractivity contribution in [2.45, 2.75) is 56.2 Å². The van der Waals surface area contributed by atoms with E-state index < -0.39 is 29.1 Å². The quantitative estimate of drug-likeness (QED) is 0.138. The van der Waals surface area contributed by atoms with Crippen molar-refractivity contribution in [2.24, 2.45) is 0 Å². The highest BCUT2D eigenvalue weighted by molar-refractivity contribution is 14.1. The summed E-state index contributed by atoms with van der Waals surface area (Å²) >= 11 is 2.07. The van der Waals surface area contributed by atoms with E-state index in [1.807, 2.05) is 36.4 Å². The number of urea groups is 1. The van der Waals surface area contributed by atoms with Gasteiger partial charge in [0.2, 0.25) is 0 Å². The number of rotatable bonds is 9. The average Bonchev–Trinajstić information content (AvgIpc) is 3.43. The van der Waals surface area contributed by atoms with Gasteiger partial charge in [0.1, 0.15) is 11.4 Å². The summed E-state index contributed by atoms with van der Waals surface area (Å²) in [5, 5.41) is 5.95. The summed E-state index contributed by atoms with van der Waals surface area (Å²) < 4.78 is 63.5. The van der Waals surface area contributed by atoms with Crippen molar-refractivity contribution in [1.82, 2.24) is 15.6 Å². The summed E-state index contributed by atoms with van der Waals surface area (Å²) in [7, 11) is 0. The molecule has 0 unspecified atom stereocenters. The molecule has 43 heavy (non-hydrogen) atoms. The molecule has 1 aliphatic rings. The molecule has 10 heteroatoms. The molecule has 1 saturated carbocycles. The van der Waals surface area contributed by atoms with Crippen molar-refractivity contribution in [1.29, 1.82) is 0 Å². The van der Waals surface area contributed by atoms with Crippen LogP contribution < -0.4 is 10.6 Å². The van der Waals surface area contributed by atoms with Crippen LogP contribution in [0, 0.1) is 9.39 Å². The maximum atomic E-state index is 14.9. The maximum absolute atomic E-state index is 14.9. The van der Waals surface area contributed by atoms with Crippen LogP contribution in [-0.2, 0) is 29.5 Å². The van der Waals surface area contributed by atoms with E-state index in [0.29, 0.717) is 24.7 Å². The van der Waals surface area contributed by atoms with Gasteiger partial charge in [-0.2, -0.15) is 13.2 Å². The Bertz CT molecular complexity index is 1520. The fourth-order valence-corrected chi connectivity index (χ4v) is 5.84. The first kappa shape index (κ1) is 30.9. The average molecular weight is 704 g/mol. The van der Waals surface area contributed by atoms with Gasteiger partial charge in [-0.1, -0.05) is 60.7 Å². The number of carbonyl (C=O) groups is 1. The minimum Gasteiger partial charge on any atom is -0.371 e. The lowest BCUT2D eigenvalue weighted by Crippen LogP contribution is -2.55. The molecule has 2 N–H and O–H groups in total. The van der Waals surface area contributed by atoms with Crippen LogP contribution in [0.1, 0.15) is 47.2 Å². The van der Waals surface area contributed by atoms with Crippen molar-refractivity contribution >= 4 is 28.6 Å². The number of aromatic nitrogens is 1. The molecule has 4 aromatic rings. The number of alkyl halides is 3. The van der Waals surface area contributed by atoms with Crippen LogP contribution in [0.3, 0.4) is 0 Å². The Morgan fingerprint density at radius 2 is 1.58 bits per heavy atom. The highest BCUT2D eigenvalue weighted by Crippen LogP contribution is 2.38. The van der Waals surface area contributed by atoms with E-state index in [-0.39, 0.29) is 29.8 Å². The van der Waals surface area contributed by atoms with Gasteiger partial charge in [0.15, 0.2) is 0 Å². The Kier molecular flexibility index (Phi) is 9.65. The molecule has 0 radical (unpaired) electrons. The lowest BCUT2D eigenvalue weighted by Gasteiger charge is -2.36. The molecule has 1 heterocycles. The molecule has 3 atom stereocenters. The Morgan fingerprint density at radius 3 is 2.23 bits per heavy atom. The summed E-state index contributed by atoms with van der Waals surface area (Å²) in [6.07, 6.45) is -1.18. The summed E-state index contributed by atoms with van der Waals surface area (Å²) in [6.45, 7) is 0.388. The van der Waals surface area contributed by atoms with E-state index in [4.69, 9.17) is 4.74 Å². The monoisotopic (exact) mass is 703 g/mol. The summed E-state index contributed by atoms with van der Waals surface area (Å²) in [5.41, 5.74) is -0.874. The van der Waals surface area contributed by atoms with Crippen molar-refractivity contribution in [3.8, 4) is 0 Å². The second-order valence-corrected chi connectivity index (χ2v) is 11.9. The van der Waals surface area contributed by atoms with E-state index in [9.17, 15) is 22.4 Å². The third-order valence-electron chi connectivity index (χ3n) is 7.60. The van der Waals surface area contributed by atoms with E-state index in [1.54, 1.807) is 42.6 Å². The van der Waals surface area contributed by atoms with Gasteiger partial charge in [0.05, 0.1) is 30.0 Å². The number of hydrogen-bond donors (Lipinski definition) is 2. The molecule has 0 bridgehead atoms. The van der Waals surface area contributed by atoms with E-state index in [2.05, 4.69) is 38.2 Å². The molecule has 1 aromatic heterocycles. The van der Waals surface area contributed by atoms with Crippen LogP contribution in [0.4, 0.5) is 22.4 Å². The van der Waals surface area contributed by atoms with Crippen molar-refractivity contribution in [3.05, 3.63) is 135 Å². The zero-order chi connectivity index (χ0) is 30.5. The molecular weight excluding hydrogens is 673 g/mol. The van der Waals surface area contributed by atoms with E-state index in [0.717, 1.165) is 34.1 Å². The third-order valence-corrected chi connectivity index (χ3v) is 8.24. The van der Waals surface area contributed by atoms with Gasteiger partial charge in [-0.25, -0.2) is 9.18 Å². The fourth-order valence-electron chi connectivity index (χ4n) is 5.52. The van der Waals surface area contributed by atoms with Crippen molar-refractivity contribution < 1.29 is 27.1 Å². The molecular formula is C33H30F4IN3O2. The van der Waals surface area contributed by atoms with Gasteiger partial charge in [0.25, 0.3) is 0 Å². The van der Waals surface area contributed by atoms with E-state index >= 15 is 0 Å². The molecule has 0 saturated heterocycles. The van der Waals surface area contributed by atoms with Crippen LogP contribution >= 0.6 is 22.6 Å². The Hall–Kier alpha value is -3.51. The Labute approximate surface area is 261 Å². The Morgan fingerprint density at radius 1 is 0.907 bits per heavy atom. The number of benzene rings is 3. The van der Waals surface area contributed by atoms with Crippen molar-refractivity contribution in [3.63, 3.8) is 0 Å². The summed E-state index contributed by atoms with van der Waals surface area (Å²) in [4.78, 5) is 18.3. The molecule has 2 amide bonds. The standard InChI is InChI=1S/C33H30F4IN3O2/c34-26-17-24(16-25(18-26)33(35,36)37)32(19-22-8-3-1-4-9-22,30-15-14-27(38)20-39-30)41-31(42)40-28-12-7-13-29(28)43-21-23-10-5-2-6-11-23/h1-6,8-11,14-18,20,28-29H,7,12-13,19,21H2,(H2,40,41,42)/t28-,29-,32-/m0/s1. The number of carbonyl (C=O) groups excluding carboxylic acids is 1. The molecule has 1 aliphatic carbocycles. The van der Waals surface area contributed by atoms with Gasteiger partial charge >= 0.3 is 12.2 Å². The predicted octanol–water partition coefficient (Wildman–Crippen LogP) is 7.77. The summed E-state index contributed by atoms with van der Waals surface area (Å²) in [5.74, 6) is -1.07. The van der Waals surface area contributed by atoms with E-state index in [1.165, 1.54) is 0 Å². The van der Waals surface area contributed by atoms with Gasteiger partial charge in [0, 0.05) is 16.2 Å². The summed E-state index contributed by atoms with van der Waals surface area (Å²) in [6, 6.07) is 23.5. The Balaban J connectivity index is 1.51. The zero-order valence-electron chi connectivity index (χ0n) is 23.1. The lowest BCUT2D eigenvalue weighted by atomic mass is 9.79. The van der Waals surface area contributed by atoms with Crippen LogP contribution in [0.2, 0.25) is 0 Å². The van der Waals surface area contributed by atoms with Gasteiger partial charge in [-0.15, -0.1) is 0 Å². The van der Waals surface area contributed by atoms with Gasteiger partial charge < -0.3 is 15.4 Å². The molecule has 224 valence electrons. The zero-order valence-corrected chi connectivity index (χ0v) is 25.2.